The lowest BCUT2D eigenvalue weighted by atomic mass is 9.99. The first-order valence-corrected chi connectivity index (χ1v) is 15.5. The van der Waals surface area contributed by atoms with Crippen LogP contribution < -0.4 is 5.32 Å². The number of hydrogen-bond donors (Lipinski definition) is 3. The summed E-state index contributed by atoms with van der Waals surface area (Å²) in [6, 6.07) is 14.2. The normalized spacial score (nSPS) is 19.0. The van der Waals surface area contributed by atoms with Crippen molar-refractivity contribution >= 4 is 23.2 Å². The Kier molecular flexibility index (Phi) is 10.0. The van der Waals surface area contributed by atoms with E-state index in [1.165, 1.54) is 28.0 Å². The van der Waals surface area contributed by atoms with E-state index in [0.29, 0.717) is 18.0 Å². The molecular weight excluding hydrogens is 552 g/mol. The van der Waals surface area contributed by atoms with Crippen molar-refractivity contribution in [2.75, 3.05) is 32.8 Å². The molecule has 0 spiro atoms. The van der Waals surface area contributed by atoms with Gasteiger partial charge in [0.2, 0.25) is 0 Å². The third-order valence-corrected chi connectivity index (χ3v) is 9.12. The number of morpholine rings is 1. The van der Waals surface area contributed by atoms with Gasteiger partial charge in [-0.05, 0) is 54.5 Å². The van der Waals surface area contributed by atoms with Crippen molar-refractivity contribution < 1.29 is 24.5 Å². The van der Waals surface area contributed by atoms with Crippen molar-refractivity contribution in [3.63, 3.8) is 0 Å². The van der Waals surface area contributed by atoms with Crippen molar-refractivity contribution in [2.45, 2.75) is 64.4 Å². The molecule has 0 bridgehead atoms. The highest BCUT2D eigenvalue weighted by Gasteiger charge is 2.38. The van der Waals surface area contributed by atoms with Crippen LogP contribution in [0.25, 0.3) is 0 Å². The van der Waals surface area contributed by atoms with E-state index in [-0.39, 0.29) is 12.6 Å². The fourth-order valence-corrected chi connectivity index (χ4v) is 6.56. The number of aliphatic hydroxyl groups excluding tert-OH is 2. The Hall–Kier alpha value is -3.15. The van der Waals surface area contributed by atoms with E-state index in [9.17, 15) is 19.8 Å². The van der Waals surface area contributed by atoms with E-state index in [1.807, 2.05) is 23.6 Å². The monoisotopic (exact) mass is 592 g/mol. The van der Waals surface area contributed by atoms with Crippen molar-refractivity contribution in [3.05, 3.63) is 86.4 Å². The largest absolute Gasteiger partial charge is 0.380 e. The van der Waals surface area contributed by atoms with Crippen LogP contribution in [0.15, 0.2) is 47.8 Å². The number of aliphatic hydroxyl groups is 2. The molecule has 3 heterocycles. The third-order valence-electron chi connectivity index (χ3n) is 8.22. The van der Waals surface area contributed by atoms with Crippen LogP contribution >= 0.6 is 11.3 Å². The first kappa shape index (κ1) is 30.3. The molecule has 3 N–H and O–H groups in total. The van der Waals surface area contributed by atoms with Gasteiger partial charge in [0.05, 0.1) is 31.5 Å². The number of thiazole rings is 1. The quantitative estimate of drug-likeness (QED) is 0.332. The third kappa shape index (κ3) is 7.25. The van der Waals surface area contributed by atoms with Gasteiger partial charge >= 0.3 is 0 Å². The van der Waals surface area contributed by atoms with E-state index in [1.54, 1.807) is 4.90 Å². The van der Waals surface area contributed by atoms with Crippen LogP contribution in [0, 0.1) is 13.8 Å². The molecule has 0 saturated carbocycles. The molecule has 2 aliphatic rings. The number of rotatable bonds is 10. The molecule has 2 aromatic carbocycles. The SMILES string of the molecule is Cc1cccc(C)c1Cc1csc(CNC(=O)C(O)C(O)C(=O)N2CCCC2c2cccc(CN3CCOCC3)c2)n1. The van der Waals surface area contributed by atoms with Gasteiger partial charge in [0, 0.05) is 38.0 Å². The molecule has 10 heteroatoms. The van der Waals surface area contributed by atoms with Gasteiger partial charge in [-0.15, -0.1) is 11.3 Å². The van der Waals surface area contributed by atoms with Gasteiger partial charge in [0.15, 0.2) is 12.2 Å². The smallest absolute Gasteiger partial charge is 0.255 e. The lowest BCUT2D eigenvalue weighted by molar-refractivity contribution is -0.153. The van der Waals surface area contributed by atoms with Gasteiger partial charge in [0.1, 0.15) is 5.01 Å². The zero-order chi connectivity index (χ0) is 29.6. The number of nitrogens with zero attached hydrogens (tertiary/aromatic N) is 3. The zero-order valence-electron chi connectivity index (χ0n) is 24.3. The summed E-state index contributed by atoms with van der Waals surface area (Å²) in [4.78, 5) is 34.6. The lowest BCUT2D eigenvalue weighted by Crippen LogP contribution is -2.50. The van der Waals surface area contributed by atoms with Crippen LogP contribution in [0.2, 0.25) is 0 Å². The molecule has 3 unspecified atom stereocenters. The van der Waals surface area contributed by atoms with Crippen molar-refractivity contribution in [2.24, 2.45) is 0 Å². The van der Waals surface area contributed by atoms with Crippen molar-refractivity contribution in [3.8, 4) is 0 Å². The molecule has 42 heavy (non-hydrogen) atoms. The summed E-state index contributed by atoms with van der Waals surface area (Å²) in [5.74, 6) is -1.44. The van der Waals surface area contributed by atoms with Gasteiger partial charge in [0.25, 0.3) is 11.8 Å². The number of benzene rings is 2. The topological polar surface area (TPSA) is 115 Å². The average molecular weight is 593 g/mol. The van der Waals surface area contributed by atoms with E-state index in [0.717, 1.165) is 62.5 Å². The van der Waals surface area contributed by atoms with E-state index < -0.39 is 24.0 Å². The Balaban J connectivity index is 1.15. The molecule has 3 aromatic rings. The number of ether oxygens (including phenoxy) is 1. The molecule has 1 aromatic heterocycles. The van der Waals surface area contributed by atoms with Gasteiger partial charge in [-0.25, -0.2) is 4.98 Å². The minimum absolute atomic E-state index is 0.108. The molecule has 3 atom stereocenters. The fourth-order valence-electron chi connectivity index (χ4n) is 5.83. The van der Waals surface area contributed by atoms with Crippen LogP contribution in [-0.2, 0) is 33.8 Å². The van der Waals surface area contributed by atoms with Crippen LogP contribution in [-0.4, -0.2) is 81.9 Å². The fraction of sp³-hybridized carbons (Fsp3) is 0.469. The van der Waals surface area contributed by atoms with E-state index in [4.69, 9.17) is 4.74 Å². The summed E-state index contributed by atoms with van der Waals surface area (Å²) < 4.78 is 5.45. The predicted molar refractivity (Wildman–Crippen MR) is 161 cm³/mol. The average Bonchev–Trinajstić information content (AvgIpc) is 3.67. The van der Waals surface area contributed by atoms with Crippen LogP contribution in [0.4, 0.5) is 0 Å². The molecule has 2 amide bonds. The molecule has 9 nitrogen and oxygen atoms in total. The summed E-state index contributed by atoms with van der Waals surface area (Å²) in [5.41, 5.74) is 6.72. The molecule has 0 aliphatic carbocycles. The number of aryl methyl sites for hydroxylation is 2. The number of aromatic nitrogens is 1. The number of likely N-dealkylation sites (tertiary alicyclic amines) is 1. The Morgan fingerprint density at radius 1 is 1.07 bits per heavy atom. The number of carbonyl (C=O) groups is 2. The summed E-state index contributed by atoms with van der Waals surface area (Å²) in [7, 11) is 0. The van der Waals surface area contributed by atoms with Gasteiger partial charge < -0.3 is 25.2 Å². The van der Waals surface area contributed by atoms with Crippen LogP contribution in [0.1, 0.15) is 57.4 Å². The molecule has 2 fully saturated rings. The number of hydrogen-bond acceptors (Lipinski definition) is 8. The lowest BCUT2D eigenvalue weighted by Gasteiger charge is -2.29. The highest BCUT2D eigenvalue weighted by Crippen LogP contribution is 2.33. The summed E-state index contributed by atoms with van der Waals surface area (Å²) in [5, 5.41) is 26.6. The van der Waals surface area contributed by atoms with E-state index in [2.05, 4.69) is 53.3 Å². The van der Waals surface area contributed by atoms with Crippen molar-refractivity contribution in [1.82, 2.24) is 20.1 Å². The van der Waals surface area contributed by atoms with E-state index >= 15 is 0 Å². The van der Waals surface area contributed by atoms with Crippen LogP contribution in [0.3, 0.4) is 0 Å². The number of carbonyl (C=O) groups excluding carboxylic acids is 2. The standard InChI is InChI=1S/C32H40N4O5S/c1-21-6-3-7-22(2)26(21)17-25-20-42-28(34-25)18-33-31(39)29(37)30(38)32(40)36-11-5-10-27(36)24-9-4-8-23(16-24)19-35-12-14-41-15-13-35/h3-4,6-9,16,20,27,29-30,37-38H,5,10-15,17-19H2,1-2H3,(H,33,39). The summed E-state index contributed by atoms with van der Waals surface area (Å²) >= 11 is 1.42. The Morgan fingerprint density at radius 3 is 2.57 bits per heavy atom. The van der Waals surface area contributed by atoms with Crippen molar-refractivity contribution in [1.29, 1.82) is 0 Å². The molecular formula is C32H40N4O5S. The second kappa shape index (κ2) is 13.9. The van der Waals surface area contributed by atoms with Gasteiger partial charge in [-0.3, -0.25) is 14.5 Å². The molecule has 2 aliphatic heterocycles. The first-order valence-electron chi connectivity index (χ1n) is 14.6. The Morgan fingerprint density at radius 2 is 1.81 bits per heavy atom. The maximum atomic E-state index is 13.3. The number of nitrogens with one attached hydrogen (secondary N) is 1. The maximum Gasteiger partial charge on any atom is 0.255 e. The minimum Gasteiger partial charge on any atom is -0.380 e. The number of amides is 2. The second-order valence-corrected chi connectivity index (χ2v) is 12.2. The highest BCUT2D eigenvalue weighted by atomic mass is 32.1. The first-order chi connectivity index (χ1) is 20.3. The van der Waals surface area contributed by atoms with Crippen LogP contribution in [0.5, 0.6) is 0 Å². The maximum absolute atomic E-state index is 13.3. The highest BCUT2D eigenvalue weighted by molar-refractivity contribution is 7.09. The zero-order valence-corrected chi connectivity index (χ0v) is 25.1. The van der Waals surface area contributed by atoms with Gasteiger partial charge in [-0.1, -0.05) is 42.5 Å². The molecule has 5 rings (SSSR count). The Bertz CT molecular complexity index is 1370. The second-order valence-electron chi connectivity index (χ2n) is 11.2. The summed E-state index contributed by atoms with van der Waals surface area (Å²) in [6.45, 7) is 8.79. The molecule has 0 radical (unpaired) electrons. The predicted octanol–water partition coefficient (Wildman–Crippen LogP) is 2.88. The minimum atomic E-state index is -1.87. The molecule has 224 valence electrons. The summed E-state index contributed by atoms with van der Waals surface area (Å²) in [6.07, 6.45) is -1.48. The Labute approximate surface area is 251 Å². The van der Waals surface area contributed by atoms with Gasteiger partial charge in [-0.2, -0.15) is 0 Å². The molecule has 2 saturated heterocycles.